The molecule has 0 atom stereocenters. The Labute approximate surface area is 187 Å². The van der Waals surface area contributed by atoms with Gasteiger partial charge in [0.15, 0.2) is 0 Å². The fraction of sp³-hybridized carbons (Fsp3) is 0.318. The highest BCUT2D eigenvalue weighted by Gasteiger charge is 2.28. The van der Waals surface area contributed by atoms with Crippen LogP contribution < -0.4 is 5.32 Å². The summed E-state index contributed by atoms with van der Waals surface area (Å²) in [6, 6.07) is 14.6. The predicted molar refractivity (Wildman–Crippen MR) is 120 cm³/mol. The summed E-state index contributed by atoms with van der Waals surface area (Å²) in [5.41, 5.74) is 2.90. The van der Waals surface area contributed by atoms with Gasteiger partial charge in [-0.2, -0.15) is 9.40 Å². The first-order valence-corrected chi connectivity index (χ1v) is 11.9. The second-order valence-electron chi connectivity index (χ2n) is 7.78. The molecule has 0 saturated carbocycles. The van der Waals surface area contributed by atoms with Gasteiger partial charge in [0, 0.05) is 32.7 Å². The van der Waals surface area contributed by atoms with Crippen molar-refractivity contribution < 1.29 is 13.2 Å². The van der Waals surface area contributed by atoms with Gasteiger partial charge >= 0.3 is 0 Å². The molecule has 1 saturated heterocycles. The van der Waals surface area contributed by atoms with Crippen molar-refractivity contribution in [1.82, 2.24) is 29.3 Å². The Morgan fingerprint density at radius 3 is 2.31 bits per heavy atom. The van der Waals surface area contributed by atoms with E-state index in [0.29, 0.717) is 37.6 Å². The van der Waals surface area contributed by atoms with E-state index < -0.39 is 10.0 Å². The zero-order valence-electron chi connectivity index (χ0n) is 17.9. The Balaban J connectivity index is 1.23. The number of sulfonamides is 1. The van der Waals surface area contributed by atoms with Gasteiger partial charge in [-0.15, -0.1) is 0 Å². The molecule has 0 radical (unpaired) electrons. The van der Waals surface area contributed by atoms with Crippen molar-refractivity contribution in [3.8, 4) is 5.69 Å². The molecule has 2 heterocycles. The number of hydrogen-bond acceptors (Lipinski definition) is 6. The van der Waals surface area contributed by atoms with Crippen LogP contribution in [0.2, 0.25) is 0 Å². The lowest BCUT2D eigenvalue weighted by Gasteiger charge is -2.33. The number of aromatic nitrogens is 3. The van der Waals surface area contributed by atoms with Crippen LogP contribution in [0.25, 0.3) is 5.69 Å². The number of rotatable bonds is 7. The minimum Gasteiger partial charge on any atom is -0.351 e. The Bertz CT molecular complexity index is 1140. The van der Waals surface area contributed by atoms with Gasteiger partial charge in [0.25, 0.3) is 0 Å². The van der Waals surface area contributed by atoms with E-state index in [4.69, 9.17) is 0 Å². The number of piperazine rings is 1. The Morgan fingerprint density at radius 2 is 1.69 bits per heavy atom. The summed E-state index contributed by atoms with van der Waals surface area (Å²) in [5.74, 6) is -0.0832. The highest BCUT2D eigenvalue weighted by Crippen LogP contribution is 2.18. The molecule has 0 spiro atoms. The molecule has 10 heteroatoms. The fourth-order valence-corrected chi connectivity index (χ4v) is 4.98. The van der Waals surface area contributed by atoms with Gasteiger partial charge < -0.3 is 5.32 Å². The third kappa shape index (κ3) is 5.21. The van der Waals surface area contributed by atoms with Crippen LogP contribution in [-0.2, 0) is 21.4 Å². The maximum atomic E-state index is 12.8. The molecule has 168 valence electrons. The van der Waals surface area contributed by atoms with Crippen LogP contribution in [0.5, 0.6) is 0 Å². The molecule has 1 N–H and O–H groups in total. The van der Waals surface area contributed by atoms with Crippen molar-refractivity contribution in [3.63, 3.8) is 0 Å². The van der Waals surface area contributed by atoms with E-state index in [2.05, 4.69) is 15.4 Å². The maximum Gasteiger partial charge on any atom is 0.243 e. The average molecular weight is 455 g/mol. The average Bonchev–Trinajstić information content (AvgIpc) is 3.34. The summed E-state index contributed by atoms with van der Waals surface area (Å²) in [4.78, 5) is 18.6. The zero-order valence-corrected chi connectivity index (χ0v) is 18.7. The molecule has 1 fully saturated rings. The van der Waals surface area contributed by atoms with E-state index in [1.165, 1.54) is 10.6 Å². The molecule has 1 amide bonds. The van der Waals surface area contributed by atoms with Crippen LogP contribution in [0.4, 0.5) is 0 Å². The molecule has 0 aliphatic carbocycles. The molecule has 1 aliphatic rings. The standard InChI is InChI=1S/C22H26N6O3S/c1-18-2-8-21(9-3-18)32(30,31)27-12-10-26(11-13-27)15-22(29)24-14-19-4-6-20(7-5-19)28-17-23-16-25-28/h2-9,16-17H,10-15H2,1H3,(H,24,29). The first-order valence-electron chi connectivity index (χ1n) is 10.4. The Kier molecular flexibility index (Phi) is 6.63. The molecule has 32 heavy (non-hydrogen) atoms. The van der Waals surface area contributed by atoms with Gasteiger partial charge in [-0.05, 0) is 36.8 Å². The van der Waals surface area contributed by atoms with Crippen LogP contribution >= 0.6 is 0 Å². The number of carbonyl (C=O) groups is 1. The molecular formula is C22H26N6O3S. The SMILES string of the molecule is Cc1ccc(S(=O)(=O)N2CCN(CC(=O)NCc3ccc(-n4cncn4)cc3)CC2)cc1. The number of carbonyl (C=O) groups excluding carboxylic acids is 1. The van der Waals surface area contributed by atoms with Crippen molar-refractivity contribution in [3.05, 3.63) is 72.3 Å². The summed E-state index contributed by atoms with van der Waals surface area (Å²) in [7, 11) is -3.50. The smallest absolute Gasteiger partial charge is 0.243 e. The number of aryl methyl sites for hydroxylation is 1. The van der Waals surface area contributed by atoms with Gasteiger partial charge in [0.1, 0.15) is 12.7 Å². The summed E-state index contributed by atoms with van der Waals surface area (Å²) in [6.45, 7) is 4.37. The molecule has 0 bridgehead atoms. The van der Waals surface area contributed by atoms with Crippen molar-refractivity contribution >= 4 is 15.9 Å². The van der Waals surface area contributed by atoms with E-state index >= 15 is 0 Å². The summed E-state index contributed by atoms with van der Waals surface area (Å²) in [6.07, 6.45) is 3.11. The second kappa shape index (κ2) is 9.60. The zero-order chi connectivity index (χ0) is 22.6. The topological polar surface area (TPSA) is 100 Å². The van der Waals surface area contributed by atoms with E-state index in [-0.39, 0.29) is 12.5 Å². The molecule has 0 unspecified atom stereocenters. The number of amides is 1. The summed E-state index contributed by atoms with van der Waals surface area (Å²) >= 11 is 0. The number of hydrogen-bond donors (Lipinski definition) is 1. The highest BCUT2D eigenvalue weighted by molar-refractivity contribution is 7.89. The number of nitrogens with one attached hydrogen (secondary N) is 1. The normalized spacial score (nSPS) is 15.5. The maximum absolute atomic E-state index is 12.8. The van der Waals surface area contributed by atoms with Gasteiger partial charge in [-0.25, -0.2) is 18.1 Å². The molecule has 3 aromatic rings. The summed E-state index contributed by atoms with van der Waals surface area (Å²) < 4.78 is 28.8. The van der Waals surface area contributed by atoms with Gasteiger partial charge in [0.05, 0.1) is 17.1 Å². The van der Waals surface area contributed by atoms with Crippen molar-refractivity contribution in [2.24, 2.45) is 0 Å². The lowest BCUT2D eigenvalue weighted by molar-refractivity contribution is -0.122. The monoisotopic (exact) mass is 454 g/mol. The molecular weight excluding hydrogens is 428 g/mol. The first-order chi connectivity index (χ1) is 15.4. The van der Waals surface area contributed by atoms with E-state index in [1.54, 1.807) is 35.3 Å². The van der Waals surface area contributed by atoms with Gasteiger partial charge in [-0.3, -0.25) is 9.69 Å². The van der Waals surface area contributed by atoms with Crippen LogP contribution in [0.3, 0.4) is 0 Å². The fourth-order valence-electron chi connectivity index (χ4n) is 3.56. The van der Waals surface area contributed by atoms with Crippen molar-refractivity contribution in [2.75, 3.05) is 32.7 Å². The van der Waals surface area contributed by atoms with Crippen LogP contribution in [-0.4, -0.2) is 71.0 Å². The largest absolute Gasteiger partial charge is 0.351 e. The first kappa shape index (κ1) is 22.1. The van der Waals surface area contributed by atoms with Crippen LogP contribution in [0.1, 0.15) is 11.1 Å². The number of nitrogens with zero attached hydrogens (tertiary/aromatic N) is 5. The minimum absolute atomic E-state index is 0.0832. The van der Waals surface area contributed by atoms with Crippen molar-refractivity contribution in [2.45, 2.75) is 18.4 Å². The molecule has 1 aliphatic heterocycles. The quantitative estimate of drug-likeness (QED) is 0.576. The van der Waals surface area contributed by atoms with Crippen molar-refractivity contribution in [1.29, 1.82) is 0 Å². The second-order valence-corrected chi connectivity index (χ2v) is 9.71. The lowest BCUT2D eigenvalue weighted by Crippen LogP contribution is -2.50. The predicted octanol–water partition coefficient (Wildman–Crippen LogP) is 1.20. The molecule has 2 aromatic carbocycles. The van der Waals surface area contributed by atoms with Gasteiger partial charge in [0.2, 0.25) is 15.9 Å². The van der Waals surface area contributed by atoms with E-state index in [1.807, 2.05) is 36.1 Å². The Morgan fingerprint density at radius 1 is 1.00 bits per heavy atom. The van der Waals surface area contributed by atoms with Gasteiger partial charge in [-0.1, -0.05) is 29.8 Å². The van der Waals surface area contributed by atoms with Crippen LogP contribution in [0, 0.1) is 6.92 Å². The minimum atomic E-state index is -3.50. The molecule has 4 rings (SSSR count). The third-order valence-corrected chi connectivity index (χ3v) is 7.38. The lowest BCUT2D eigenvalue weighted by atomic mass is 10.2. The van der Waals surface area contributed by atoms with E-state index in [0.717, 1.165) is 16.8 Å². The number of benzene rings is 2. The third-order valence-electron chi connectivity index (χ3n) is 5.47. The van der Waals surface area contributed by atoms with Crippen LogP contribution in [0.15, 0.2) is 66.1 Å². The highest BCUT2D eigenvalue weighted by atomic mass is 32.2. The Hall–Kier alpha value is -3.08. The van der Waals surface area contributed by atoms with E-state index in [9.17, 15) is 13.2 Å². The molecule has 1 aromatic heterocycles. The molecule has 9 nitrogen and oxygen atoms in total. The summed E-state index contributed by atoms with van der Waals surface area (Å²) in [5, 5.41) is 7.01.